The average molecular weight is 481 g/mol. The van der Waals surface area contributed by atoms with Gasteiger partial charge in [-0.15, -0.1) is 0 Å². The number of imide groups is 1. The van der Waals surface area contributed by atoms with Crippen molar-refractivity contribution in [1.82, 2.24) is 14.8 Å². The number of rotatable bonds is 8. The smallest absolute Gasteiger partial charge is 0.329 e. The number of ether oxygens (including phenoxy) is 1. The number of aliphatic carboxylic acids is 1. The first-order valence-electron chi connectivity index (χ1n) is 11.3. The predicted molar refractivity (Wildman–Crippen MR) is 126 cm³/mol. The van der Waals surface area contributed by atoms with Crippen LogP contribution in [0.25, 0.3) is 5.57 Å². The second-order valence-corrected chi connectivity index (χ2v) is 9.23. The molecule has 0 bridgehead atoms. The average Bonchev–Trinajstić information content (AvgIpc) is 3.36. The zero-order valence-electron chi connectivity index (χ0n) is 20.0. The molecule has 3 heterocycles. The van der Waals surface area contributed by atoms with Crippen molar-refractivity contribution in [3.8, 4) is 0 Å². The highest BCUT2D eigenvalue weighted by Crippen LogP contribution is 2.36. The van der Waals surface area contributed by atoms with Crippen molar-refractivity contribution in [1.29, 1.82) is 0 Å². The summed E-state index contributed by atoms with van der Waals surface area (Å²) < 4.78 is 11.5. The van der Waals surface area contributed by atoms with Crippen molar-refractivity contribution in [3.63, 3.8) is 0 Å². The van der Waals surface area contributed by atoms with Crippen molar-refractivity contribution in [2.24, 2.45) is 10.9 Å². The lowest BCUT2D eigenvalue weighted by Gasteiger charge is -2.47. The standard InChI is InChI=1S/C25H28N4O6/c1-15(2)35-19(16-8-6-5-7-9-16)14-28-20-18(12-17(13-27-20)21-26-10-11-34-21)22(30)29(24(28)33)25(3,4)23(31)32/h5-13,15,18-20H,14H2,1-4H3,(H,31,32). The van der Waals surface area contributed by atoms with Crippen LogP contribution in [0, 0.1) is 5.92 Å². The Morgan fingerprint density at radius 2 is 1.94 bits per heavy atom. The molecule has 3 atom stereocenters. The molecular formula is C25H28N4O6. The molecule has 10 heteroatoms. The topological polar surface area (TPSA) is 126 Å². The molecule has 2 aliphatic rings. The Hall–Kier alpha value is -3.79. The minimum Gasteiger partial charge on any atom is -0.480 e. The molecule has 0 aliphatic carbocycles. The quantitative estimate of drug-likeness (QED) is 0.614. The zero-order chi connectivity index (χ0) is 25.3. The Morgan fingerprint density at radius 3 is 2.54 bits per heavy atom. The lowest BCUT2D eigenvalue weighted by Crippen LogP contribution is -2.68. The first kappa shape index (κ1) is 24.3. The Kier molecular flexibility index (Phi) is 6.58. The molecule has 1 N–H and O–H groups in total. The summed E-state index contributed by atoms with van der Waals surface area (Å²) in [6, 6.07) is 8.69. The van der Waals surface area contributed by atoms with Crippen LogP contribution in [0.3, 0.4) is 0 Å². The fraction of sp³-hybridized carbons (Fsp3) is 0.400. The molecule has 1 fully saturated rings. The van der Waals surface area contributed by atoms with Crippen LogP contribution in [-0.2, 0) is 14.3 Å². The van der Waals surface area contributed by atoms with Crippen LogP contribution in [0.5, 0.6) is 0 Å². The van der Waals surface area contributed by atoms with Gasteiger partial charge in [-0.2, -0.15) is 0 Å². The van der Waals surface area contributed by atoms with Gasteiger partial charge in [0.2, 0.25) is 11.8 Å². The summed E-state index contributed by atoms with van der Waals surface area (Å²) >= 11 is 0. The zero-order valence-corrected chi connectivity index (χ0v) is 20.0. The molecule has 184 valence electrons. The number of hydrogen-bond donors (Lipinski definition) is 1. The maximum Gasteiger partial charge on any atom is 0.329 e. The molecule has 35 heavy (non-hydrogen) atoms. The molecule has 0 spiro atoms. The maximum atomic E-state index is 13.7. The van der Waals surface area contributed by atoms with Crippen LogP contribution in [0.15, 0.2) is 58.3 Å². The van der Waals surface area contributed by atoms with Crippen LogP contribution in [-0.4, -0.2) is 68.4 Å². The SMILES string of the molecule is CC(C)OC(CN1C(=O)N(C(C)(C)C(=O)O)C(=O)C2C=C(c3ncco3)C=NC21)c1ccccc1. The van der Waals surface area contributed by atoms with Crippen LogP contribution in [0.2, 0.25) is 0 Å². The van der Waals surface area contributed by atoms with E-state index in [-0.39, 0.29) is 18.5 Å². The minimum atomic E-state index is -1.78. The number of hydrogen-bond acceptors (Lipinski definition) is 7. The van der Waals surface area contributed by atoms with Crippen molar-refractivity contribution >= 4 is 29.7 Å². The highest BCUT2D eigenvalue weighted by Gasteiger charge is 2.54. The van der Waals surface area contributed by atoms with Gasteiger partial charge in [0.05, 0.1) is 30.3 Å². The normalized spacial score (nSPS) is 21.2. The Balaban J connectivity index is 1.76. The van der Waals surface area contributed by atoms with Gasteiger partial charge in [-0.05, 0) is 33.3 Å². The number of allylic oxidation sites excluding steroid dienone is 1. The Labute approximate surface area is 202 Å². The third kappa shape index (κ3) is 4.61. The first-order valence-corrected chi connectivity index (χ1v) is 11.3. The number of carboxylic acids is 1. The number of carbonyl (C=O) groups is 3. The van der Waals surface area contributed by atoms with Gasteiger partial charge in [-0.25, -0.2) is 19.5 Å². The van der Waals surface area contributed by atoms with Gasteiger partial charge in [-0.1, -0.05) is 36.4 Å². The number of carboxylic acid groups (broad SMARTS) is 1. The summed E-state index contributed by atoms with van der Waals surface area (Å²) in [4.78, 5) is 50.1. The molecule has 1 aromatic heterocycles. The second-order valence-electron chi connectivity index (χ2n) is 9.23. The van der Waals surface area contributed by atoms with Gasteiger partial charge in [0.1, 0.15) is 24.1 Å². The van der Waals surface area contributed by atoms with Gasteiger partial charge < -0.3 is 14.3 Å². The molecule has 0 radical (unpaired) electrons. The number of dihydropyridines is 1. The molecule has 1 saturated heterocycles. The van der Waals surface area contributed by atoms with Crippen molar-refractivity contribution in [2.75, 3.05) is 6.54 Å². The van der Waals surface area contributed by atoms with E-state index in [0.29, 0.717) is 5.57 Å². The number of amides is 3. The number of carbonyl (C=O) groups excluding carboxylic acids is 2. The third-order valence-corrected chi connectivity index (χ3v) is 6.04. The molecular weight excluding hydrogens is 452 g/mol. The second kappa shape index (κ2) is 9.46. The largest absolute Gasteiger partial charge is 0.480 e. The number of aliphatic imine (C=N–C) groups is 1. The third-order valence-electron chi connectivity index (χ3n) is 6.04. The van der Waals surface area contributed by atoms with Crippen molar-refractivity contribution in [3.05, 3.63) is 60.3 Å². The van der Waals surface area contributed by atoms with E-state index in [1.165, 1.54) is 37.4 Å². The molecule has 2 aliphatic heterocycles. The van der Waals surface area contributed by atoms with Crippen molar-refractivity contribution < 1.29 is 28.6 Å². The molecule has 3 amide bonds. The van der Waals surface area contributed by atoms with E-state index in [2.05, 4.69) is 9.98 Å². The van der Waals surface area contributed by atoms with E-state index >= 15 is 0 Å². The summed E-state index contributed by atoms with van der Waals surface area (Å²) in [6.45, 7) is 6.51. The molecule has 2 aromatic rings. The Morgan fingerprint density at radius 1 is 1.23 bits per heavy atom. The van der Waals surface area contributed by atoms with Gasteiger partial charge in [0.15, 0.2) is 0 Å². The molecule has 1 aromatic carbocycles. The number of oxazole rings is 1. The summed E-state index contributed by atoms with van der Waals surface area (Å²) in [5.74, 6) is -2.59. The van der Waals surface area contributed by atoms with E-state index < -0.39 is 41.6 Å². The van der Waals surface area contributed by atoms with Crippen LogP contribution < -0.4 is 0 Å². The minimum absolute atomic E-state index is 0.0706. The number of aromatic nitrogens is 1. The highest BCUT2D eigenvalue weighted by atomic mass is 16.5. The fourth-order valence-electron chi connectivity index (χ4n) is 4.22. The van der Waals surface area contributed by atoms with Crippen LogP contribution >= 0.6 is 0 Å². The van der Waals surface area contributed by atoms with Crippen LogP contribution in [0.4, 0.5) is 4.79 Å². The molecule has 4 rings (SSSR count). The fourth-order valence-corrected chi connectivity index (χ4v) is 4.22. The number of nitrogens with zero attached hydrogens (tertiary/aromatic N) is 4. The molecule has 10 nitrogen and oxygen atoms in total. The predicted octanol–water partition coefficient (Wildman–Crippen LogP) is 3.38. The van der Waals surface area contributed by atoms with Crippen molar-refractivity contribution in [2.45, 2.75) is 51.6 Å². The highest BCUT2D eigenvalue weighted by molar-refractivity contribution is 6.12. The first-order chi connectivity index (χ1) is 16.6. The van der Waals surface area contributed by atoms with Gasteiger partial charge >= 0.3 is 12.0 Å². The summed E-state index contributed by atoms with van der Waals surface area (Å²) in [5, 5.41) is 9.83. The summed E-state index contributed by atoms with van der Waals surface area (Å²) in [6.07, 6.45) is 4.49. The molecule has 3 unspecified atom stereocenters. The van der Waals surface area contributed by atoms with E-state index in [4.69, 9.17) is 9.15 Å². The van der Waals surface area contributed by atoms with E-state index in [0.717, 1.165) is 10.5 Å². The number of benzene rings is 1. The van der Waals surface area contributed by atoms with E-state index in [1.54, 1.807) is 6.08 Å². The van der Waals surface area contributed by atoms with Crippen LogP contribution in [0.1, 0.15) is 45.3 Å². The van der Waals surface area contributed by atoms with Gasteiger partial charge in [0, 0.05) is 6.21 Å². The van der Waals surface area contributed by atoms with Gasteiger partial charge in [0.25, 0.3) is 0 Å². The van der Waals surface area contributed by atoms with E-state index in [1.807, 2.05) is 44.2 Å². The van der Waals surface area contributed by atoms with Gasteiger partial charge in [-0.3, -0.25) is 14.7 Å². The lowest BCUT2D eigenvalue weighted by atomic mass is 9.91. The Bertz CT molecular complexity index is 1160. The molecule has 0 saturated carbocycles. The lowest BCUT2D eigenvalue weighted by molar-refractivity contribution is -0.158. The monoisotopic (exact) mass is 480 g/mol. The van der Waals surface area contributed by atoms with E-state index in [9.17, 15) is 19.5 Å². The number of fused-ring (bicyclic) bond motifs is 1. The maximum absolute atomic E-state index is 13.7. The summed E-state index contributed by atoms with van der Waals surface area (Å²) in [7, 11) is 0. The number of urea groups is 1. The summed E-state index contributed by atoms with van der Waals surface area (Å²) in [5.41, 5.74) is -0.455.